The number of rotatable bonds is 3. The minimum atomic E-state index is -0.969. The van der Waals surface area contributed by atoms with Crippen LogP contribution in [0.1, 0.15) is 34.5 Å². The highest BCUT2D eigenvalue weighted by Gasteiger charge is 2.23. The first-order valence-corrected chi connectivity index (χ1v) is 6.56. The van der Waals surface area contributed by atoms with Gasteiger partial charge in [-0.3, -0.25) is 4.79 Å². The van der Waals surface area contributed by atoms with Crippen LogP contribution in [0.15, 0.2) is 10.9 Å². The van der Waals surface area contributed by atoms with E-state index < -0.39 is 5.97 Å². The van der Waals surface area contributed by atoms with Crippen LogP contribution < -0.4 is 5.56 Å². The summed E-state index contributed by atoms with van der Waals surface area (Å²) in [6, 6.07) is 1.74. The Labute approximate surface area is 112 Å². The Morgan fingerprint density at radius 2 is 2.16 bits per heavy atom. The summed E-state index contributed by atoms with van der Waals surface area (Å²) in [5.41, 5.74) is 1.23. The predicted molar refractivity (Wildman–Crippen MR) is 72.8 cm³/mol. The number of pyridine rings is 1. The summed E-state index contributed by atoms with van der Waals surface area (Å²) in [5.74, 6) is -0.969. The summed E-state index contributed by atoms with van der Waals surface area (Å²) in [6.45, 7) is 4.99. The zero-order chi connectivity index (χ0) is 14.2. The van der Waals surface area contributed by atoms with E-state index in [1.165, 1.54) is 6.07 Å². The van der Waals surface area contributed by atoms with Crippen LogP contribution in [0.2, 0.25) is 0 Å². The molecule has 1 aromatic rings. The second kappa shape index (κ2) is 5.17. The van der Waals surface area contributed by atoms with Crippen molar-refractivity contribution in [1.29, 1.82) is 0 Å². The summed E-state index contributed by atoms with van der Waals surface area (Å²) in [7, 11) is 2.05. The van der Waals surface area contributed by atoms with E-state index in [9.17, 15) is 14.7 Å². The molecule has 1 aliphatic rings. The quantitative estimate of drug-likeness (QED) is 0.892. The summed E-state index contributed by atoms with van der Waals surface area (Å²) in [6.07, 6.45) is 2.19. The molecule has 2 heterocycles. The third-order valence-corrected chi connectivity index (χ3v) is 4.05. The summed E-state index contributed by atoms with van der Waals surface area (Å²) >= 11 is 0. The molecule has 1 aromatic heterocycles. The van der Waals surface area contributed by atoms with Gasteiger partial charge in [-0.2, -0.15) is 0 Å². The van der Waals surface area contributed by atoms with E-state index in [2.05, 4.69) is 4.90 Å². The summed E-state index contributed by atoms with van der Waals surface area (Å²) < 4.78 is 1.60. The highest BCUT2D eigenvalue weighted by molar-refractivity contribution is 5.90. The van der Waals surface area contributed by atoms with Gasteiger partial charge < -0.3 is 14.6 Å². The zero-order valence-electron chi connectivity index (χ0n) is 11.6. The molecular weight excluding hydrogens is 244 g/mol. The van der Waals surface area contributed by atoms with Crippen LogP contribution in [0.4, 0.5) is 0 Å². The van der Waals surface area contributed by atoms with Crippen LogP contribution in [0, 0.1) is 13.8 Å². The molecule has 0 amide bonds. The molecule has 0 bridgehead atoms. The molecule has 0 aliphatic carbocycles. The van der Waals surface area contributed by atoms with E-state index in [1.807, 2.05) is 7.05 Å². The Kier molecular flexibility index (Phi) is 3.75. The normalized spacial score (nSPS) is 19.8. The van der Waals surface area contributed by atoms with Gasteiger partial charge in [-0.15, -0.1) is 0 Å². The molecule has 5 nitrogen and oxygen atoms in total. The molecule has 1 atom stereocenters. The van der Waals surface area contributed by atoms with Crippen molar-refractivity contribution in [2.45, 2.75) is 39.3 Å². The SMILES string of the molecule is Cc1cc(=O)n(CC2CCCN2C)c(C)c1C(=O)O. The van der Waals surface area contributed by atoms with Crippen LogP contribution in [-0.2, 0) is 6.54 Å². The standard InChI is InChI=1S/C14H20N2O3/c1-9-7-12(17)16(10(2)13(9)14(18)19)8-11-5-4-6-15(11)3/h7,11H,4-6,8H2,1-3H3,(H,18,19). The lowest BCUT2D eigenvalue weighted by Gasteiger charge is -2.22. The maximum atomic E-state index is 12.1. The maximum absolute atomic E-state index is 12.1. The third-order valence-electron chi connectivity index (χ3n) is 4.05. The van der Waals surface area contributed by atoms with Crippen molar-refractivity contribution in [2.24, 2.45) is 0 Å². The number of aryl methyl sites for hydroxylation is 1. The largest absolute Gasteiger partial charge is 0.478 e. The number of carboxylic acids is 1. The van der Waals surface area contributed by atoms with Gasteiger partial charge in [0.2, 0.25) is 0 Å². The molecule has 1 N–H and O–H groups in total. The Bertz CT molecular complexity index is 563. The minimum Gasteiger partial charge on any atom is -0.478 e. The number of likely N-dealkylation sites (N-methyl/N-ethyl adjacent to an activating group) is 1. The molecule has 1 unspecified atom stereocenters. The second-order valence-electron chi connectivity index (χ2n) is 5.32. The van der Waals surface area contributed by atoms with E-state index in [-0.39, 0.29) is 11.1 Å². The molecule has 19 heavy (non-hydrogen) atoms. The topological polar surface area (TPSA) is 62.5 Å². The van der Waals surface area contributed by atoms with Crippen LogP contribution in [0.25, 0.3) is 0 Å². The molecule has 5 heteroatoms. The van der Waals surface area contributed by atoms with Crippen LogP contribution in [0.5, 0.6) is 0 Å². The number of hydrogen-bond acceptors (Lipinski definition) is 3. The van der Waals surface area contributed by atoms with Gasteiger partial charge in [0.1, 0.15) is 0 Å². The Hall–Kier alpha value is -1.62. The lowest BCUT2D eigenvalue weighted by molar-refractivity contribution is 0.0693. The van der Waals surface area contributed by atoms with Gasteiger partial charge >= 0.3 is 5.97 Å². The monoisotopic (exact) mass is 264 g/mol. The fourth-order valence-electron chi connectivity index (χ4n) is 2.89. The van der Waals surface area contributed by atoms with E-state index in [0.29, 0.717) is 23.8 Å². The van der Waals surface area contributed by atoms with Crippen molar-refractivity contribution >= 4 is 5.97 Å². The van der Waals surface area contributed by atoms with Crippen molar-refractivity contribution in [1.82, 2.24) is 9.47 Å². The molecule has 0 radical (unpaired) electrons. The smallest absolute Gasteiger partial charge is 0.337 e. The number of carboxylic acid groups (broad SMARTS) is 1. The molecule has 104 valence electrons. The van der Waals surface area contributed by atoms with Crippen LogP contribution in [0.3, 0.4) is 0 Å². The molecular formula is C14H20N2O3. The van der Waals surface area contributed by atoms with Crippen molar-refractivity contribution in [3.05, 3.63) is 33.2 Å². The molecule has 1 fully saturated rings. The van der Waals surface area contributed by atoms with Crippen molar-refractivity contribution < 1.29 is 9.90 Å². The van der Waals surface area contributed by atoms with Gasteiger partial charge in [-0.25, -0.2) is 4.79 Å². The summed E-state index contributed by atoms with van der Waals surface area (Å²) in [4.78, 5) is 25.6. The first-order valence-electron chi connectivity index (χ1n) is 6.56. The zero-order valence-corrected chi connectivity index (χ0v) is 11.6. The van der Waals surface area contributed by atoms with E-state index >= 15 is 0 Å². The first-order chi connectivity index (χ1) is 8.91. The number of aromatic nitrogens is 1. The van der Waals surface area contributed by atoms with Crippen molar-refractivity contribution in [2.75, 3.05) is 13.6 Å². The van der Waals surface area contributed by atoms with E-state index in [1.54, 1.807) is 18.4 Å². The van der Waals surface area contributed by atoms with Gasteiger partial charge in [-0.1, -0.05) is 0 Å². The highest BCUT2D eigenvalue weighted by Crippen LogP contribution is 2.18. The Morgan fingerprint density at radius 1 is 1.47 bits per heavy atom. The first kappa shape index (κ1) is 13.8. The lowest BCUT2D eigenvalue weighted by atomic mass is 10.1. The minimum absolute atomic E-state index is 0.111. The van der Waals surface area contributed by atoms with Crippen LogP contribution >= 0.6 is 0 Å². The third kappa shape index (κ3) is 2.56. The van der Waals surface area contributed by atoms with Crippen molar-refractivity contribution in [3.8, 4) is 0 Å². The second-order valence-corrected chi connectivity index (χ2v) is 5.32. The van der Waals surface area contributed by atoms with Crippen LogP contribution in [-0.4, -0.2) is 40.2 Å². The van der Waals surface area contributed by atoms with Gasteiger partial charge in [-0.05, 0) is 45.8 Å². The average molecular weight is 264 g/mol. The van der Waals surface area contributed by atoms with Gasteiger partial charge in [0.15, 0.2) is 0 Å². The highest BCUT2D eigenvalue weighted by atomic mass is 16.4. The van der Waals surface area contributed by atoms with E-state index in [4.69, 9.17) is 0 Å². The van der Waals surface area contributed by atoms with Gasteiger partial charge in [0.05, 0.1) is 5.56 Å². The Balaban J connectivity index is 2.42. The predicted octanol–water partition coefficient (Wildman–Crippen LogP) is 1.26. The molecule has 0 spiro atoms. The Morgan fingerprint density at radius 3 is 2.68 bits per heavy atom. The molecule has 1 saturated heterocycles. The maximum Gasteiger partial charge on any atom is 0.337 e. The lowest BCUT2D eigenvalue weighted by Crippen LogP contribution is -2.35. The molecule has 2 rings (SSSR count). The fraction of sp³-hybridized carbons (Fsp3) is 0.571. The molecule has 0 aromatic carbocycles. The number of aromatic carboxylic acids is 1. The molecule has 1 aliphatic heterocycles. The number of likely N-dealkylation sites (tertiary alicyclic amines) is 1. The summed E-state index contributed by atoms with van der Waals surface area (Å²) in [5, 5.41) is 9.25. The fourth-order valence-corrected chi connectivity index (χ4v) is 2.89. The van der Waals surface area contributed by atoms with Gasteiger partial charge in [0, 0.05) is 24.3 Å². The number of hydrogen-bond donors (Lipinski definition) is 1. The number of nitrogens with zero attached hydrogens (tertiary/aromatic N) is 2. The van der Waals surface area contributed by atoms with Gasteiger partial charge in [0.25, 0.3) is 5.56 Å². The average Bonchev–Trinajstić information content (AvgIpc) is 2.69. The number of carbonyl (C=O) groups is 1. The van der Waals surface area contributed by atoms with Crippen molar-refractivity contribution in [3.63, 3.8) is 0 Å². The van der Waals surface area contributed by atoms with E-state index in [0.717, 1.165) is 19.4 Å². The molecule has 0 saturated carbocycles.